The molecular weight excluding hydrogens is 247 g/mol. The molecule has 3 rings (SSSR count). The lowest BCUT2D eigenvalue weighted by Gasteiger charge is -2.47. The van der Waals surface area contributed by atoms with Gasteiger partial charge in [0.05, 0.1) is 6.67 Å². The summed E-state index contributed by atoms with van der Waals surface area (Å²) in [5.74, 6) is 0.514. The molecule has 0 aromatic carbocycles. The molecule has 5 heteroatoms. The van der Waals surface area contributed by atoms with Crippen LogP contribution in [0.15, 0.2) is 0 Å². The molecule has 0 bridgehead atoms. The predicted octanol–water partition coefficient (Wildman–Crippen LogP) is 1.25. The molecule has 0 radical (unpaired) electrons. The Balaban J connectivity index is 1.85. The molecule has 2 saturated carbocycles. The van der Waals surface area contributed by atoms with Crippen LogP contribution < -0.4 is 5.32 Å². The van der Waals surface area contributed by atoms with Crippen LogP contribution in [-0.2, 0) is 9.59 Å². The number of nitrogens with one attached hydrogen (secondary N) is 1. The SMILES string of the molecule is CC1(C2CC2)C(=O)NC(C2CC2)C(=O)N1CCCF. The van der Waals surface area contributed by atoms with Gasteiger partial charge in [-0.25, -0.2) is 0 Å². The minimum Gasteiger partial charge on any atom is -0.342 e. The first-order valence-electron chi connectivity index (χ1n) is 7.27. The van der Waals surface area contributed by atoms with Crippen LogP contribution in [0, 0.1) is 11.8 Å². The third-order valence-electron chi connectivity index (χ3n) is 4.82. The number of hydrogen-bond acceptors (Lipinski definition) is 2. The van der Waals surface area contributed by atoms with Gasteiger partial charge in [-0.15, -0.1) is 0 Å². The molecule has 1 N–H and O–H groups in total. The van der Waals surface area contributed by atoms with Crippen molar-refractivity contribution in [2.24, 2.45) is 11.8 Å². The Morgan fingerprint density at radius 1 is 1.32 bits per heavy atom. The number of hydrogen-bond donors (Lipinski definition) is 1. The van der Waals surface area contributed by atoms with Crippen molar-refractivity contribution in [3.63, 3.8) is 0 Å². The van der Waals surface area contributed by atoms with Crippen LogP contribution in [0.1, 0.15) is 39.0 Å². The zero-order valence-corrected chi connectivity index (χ0v) is 11.3. The summed E-state index contributed by atoms with van der Waals surface area (Å²) >= 11 is 0. The second kappa shape index (κ2) is 4.46. The van der Waals surface area contributed by atoms with Crippen molar-refractivity contribution in [1.29, 1.82) is 0 Å². The van der Waals surface area contributed by atoms with Crippen molar-refractivity contribution in [1.82, 2.24) is 10.2 Å². The van der Waals surface area contributed by atoms with Crippen molar-refractivity contribution < 1.29 is 14.0 Å². The third-order valence-corrected chi connectivity index (χ3v) is 4.82. The van der Waals surface area contributed by atoms with Crippen molar-refractivity contribution in [3.05, 3.63) is 0 Å². The average Bonchev–Trinajstić information content (AvgIpc) is 3.26. The molecule has 1 aliphatic heterocycles. The summed E-state index contributed by atoms with van der Waals surface area (Å²) in [6.45, 7) is 1.76. The summed E-state index contributed by atoms with van der Waals surface area (Å²) < 4.78 is 12.5. The molecule has 2 atom stereocenters. The van der Waals surface area contributed by atoms with Crippen molar-refractivity contribution in [2.45, 2.75) is 50.6 Å². The van der Waals surface area contributed by atoms with Gasteiger partial charge in [-0.2, -0.15) is 0 Å². The first kappa shape index (κ1) is 12.9. The van der Waals surface area contributed by atoms with E-state index < -0.39 is 12.2 Å². The monoisotopic (exact) mass is 268 g/mol. The highest BCUT2D eigenvalue weighted by Gasteiger charge is 2.58. The topological polar surface area (TPSA) is 49.4 Å². The van der Waals surface area contributed by atoms with E-state index in [1.807, 2.05) is 6.92 Å². The first-order chi connectivity index (χ1) is 9.09. The lowest BCUT2D eigenvalue weighted by atomic mass is 9.87. The Labute approximate surface area is 112 Å². The molecule has 0 spiro atoms. The lowest BCUT2D eigenvalue weighted by molar-refractivity contribution is -0.158. The van der Waals surface area contributed by atoms with Gasteiger partial charge in [0.1, 0.15) is 11.6 Å². The Morgan fingerprint density at radius 2 is 2.00 bits per heavy atom. The van der Waals surface area contributed by atoms with Crippen LogP contribution in [0.4, 0.5) is 4.39 Å². The first-order valence-corrected chi connectivity index (χ1v) is 7.27. The summed E-state index contributed by atoms with van der Waals surface area (Å²) in [4.78, 5) is 26.7. The average molecular weight is 268 g/mol. The maximum absolute atomic E-state index is 12.6. The summed E-state index contributed by atoms with van der Waals surface area (Å²) in [6, 6.07) is -0.362. The second-order valence-corrected chi connectivity index (χ2v) is 6.24. The Bertz CT molecular complexity index is 406. The molecule has 4 nitrogen and oxygen atoms in total. The molecule has 19 heavy (non-hydrogen) atoms. The minimum absolute atomic E-state index is 0.00458. The van der Waals surface area contributed by atoms with Crippen LogP contribution in [0.2, 0.25) is 0 Å². The molecule has 3 aliphatic rings. The highest BCUT2D eigenvalue weighted by atomic mass is 19.1. The van der Waals surface area contributed by atoms with Crippen LogP contribution in [-0.4, -0.2) is 41.5 Å². The summed E-state index contributed by atoms with van der Waals surface area (Å²) in [5, 5.41) is 2.92. The Kier molecular flexibility index (Phi) is 3.02. The quantitative estimate of drug-likeness (QED) is 0.816. The normalized spacial score (nSPS) is 35.5. The number of carbonyl (C=O) groups excluding carboxylic acids is 2. The molecule has 1 heterocycles. The van der Waals surface area contributed by atoms with Gasteiger partial charge in [-0.1, -0.05) is 0 Å². The van der Waals surface area contributed by atoms with Gasteiger partial charge in [0.15, 0.2) is 0 Å². The zero-order chi connectivity index (χ0) is 13.6. The number of carbonyl (C=O) groups is 2. The van der Waals surface area contributed by atoms with E-state index in [1.165, 1.54) is 0 Å². The van der Waals surface area contributed by atoms with E-state index in [9.17, 15) is 14.0 Å². The molecule has 2 amide bonds. The van der Waals surface area contributed by atoms with Gasteiger partial charge in [-0.3, -0.25) is 14.0 Å². The number of rotatable bonds is 5. The third kappa shape index (κ3) is 2.03. The molecule has 3 fully saturated rings. The van der Waals surface area contributed by atoms with Crippen molar-refractivity contribution in [3.8, 4) is 0 Å². The number of piperazine rings is 1. The zero-order valence-electron chi connectivity index (χ0n) is 11.3. The fourth-order valence-electron chi connectivity index (χ4n) is 3.23. The fourth-order valence-corrected chi connectivity index (χ4v) is 3.23. The summed E-state index contributed by atoms with van der Waals surface area (Å²) in [6.07, 6.45) is 4.30. The van der Waals surface area contributed by atoms with Crippen molar-refractivity contribution >= 4 is 11.8 Å². The largest absolute Gasteiger partial charge is 0.342 e. The van der Waals surface area contributed by atoms with Gasteiger partial charge >= 0.3 is 0 Å². The van der Waals surface area contributed by atoms with E-state index in [0.717, 1.165) is 25.7 Å². The fraction of sp³-hybridized carbons (Fsp3) is 0.857. The Hall–Kier alpha value is -1.13. The molecule has 2 aliphatic carbocycles. The molecular formula is C14H21FN2O2. The van der Waals surface area contributed by atoms with E-state index in [4.69, 9.17) is 0 Å². The number of nitrogens with zero attached hydrogens (tertiary/aromatic N) is 1. The van der Waals surface area contributed by atoms with Gasteiger partial charge in [0.25, 0.3) is 0 Å². The lowest BCUT2D eigenvalue weighted by Crippen LogP contribution is -2.71. The number of halogens is 1. The van der Waals surface area contributed by atoms with Crippen molar-refractivity contribution in [2.75, 3.05) is 13.2 Å². The summed E-state index contributed by atoms with van der Waals surface area (Å²) in [5.41, 5.74) is -0.752. The number of amides is 2. The van der Waals surface area contributed by atoms with Crippen LogP contribution >= 0.6 is 0 Å². The van der Waals surface area contributed by atoms with E-state index >= 15 is 0 Å². The highest BCUT2D eigenvalue weighted by molar-refractivity contribution is 6.00. The van der Waals surface area contributed by atoms with E-state index in [0.29, 0.717) is 18.9 Å². The van der Waals surface area contributed by atoms with Crippen LogP contribution in [0.25, 0.3) is 0 Å². The molecule has 0 aromatic heterocycles. The molecule has 1 saturated heterocycles. The maximum Gasteiger partial charge on any atom is 0.246 e. The smallest absolute Gasteiger partial charge is 0.246 e. The number of alkyl halides is 1. The Morgan fingerprint density at radius 3 is 2.53 bits per heavy atom. The molecule has 106 valence electrons. The van der Waals surface area contributed by atoms with Gasteiger partial charge < -0.3 is 10.2 Å². The maximum atomic E-state index is 12.6. The summed E-state index contributed by atoms with van der Waals surface area (Å²) in [7, 11) is 0. The van der Waals surface area contributed by atoms with E-state index in [2.05, 4.69) is 5.32 Å². The minimum atomic E-state index is -0.752. The van der Waals surface area contributed by atoms with Crippen LogP contribution in [0.3, 0.4) is 0 Å². The molecule has 0 aromatic rings. The van der Waals surface area contributed by atoms with E-state index in [-0.39, 0.29) is 23.8 Å². The van der Waals surface area contributed by atoms with Gasteiger partial charge in [0.2, 0.25) is 11.8 Å². The van der Waals surface area contributed by atoms with Crippen LogP contribution in [0.5, 0.6) is 0 Å². The second-order valence-electron chi connectivity index (χ2n) is 6.24. The highest BCUT2D eigenvalue weighted by Crippen LogP contribution is 2.46. The molecule has 2 unspecified atom stereocenters. The van der Waals surface area contributed by atoms with Gasteiger partial charge in [-0.05, 0) is 50.9 Å². The van der Waals surface area contributed by atoms with Gasteiger partial charge in [0, 0.05) is 6.54 Å². The van der Waals surface area contributed by atoms with E-state index in [1.54, 1.807) is 4.90 Å². The predicted molar refractivity (Wildman–Crippen MR) is 68.1 cm³/mol. The standard InChI is InChI=1S/C14H21FN2O2/c1-14(10-5-6-10)13(19)16-11(9-3-4-9)12(18)17(14)8-2-7-15/h9-11H,2-8H2,1H3,(H,16,19).